The second-order valence-electron chi connectivity index (χ2n) is 9.74. The van der Waals surface area contributed by atoms with Crippen molar-refractivity contribution in [3.8, 4) is 0 Å². The van der Waals surface area contributed by atoms with Gasteiger partial charge in [0.1, 0.15) is 6.17 Å². The number of amides is 2. The van der Waals surface area contributed by atoms with Crippen LogP contribution < -0.4 is 10.7 Å². The zero-order valence-electron chi connectivity index (χ0n) is 17.8. The minimum atomic E-state index is -0.524. The van der Waals surface area contributed by atoms with E-state index in [2.05, 4.69) is 46.7 Å². The molecule has 0 radical (unpaired) electrons. The Morgan fingerprint density at radius 3 is 2.84 bits per heavy atom. The van der Waals surface area contributed by atoms with Crippen molar-refractivity contribution in [3.63, 3.8) is 0 Å². The molecule has 0 bridgehead atoms. The predicted octanol–water partition coefficient (Wildman–Crippen LogP) is 1.47. The summed E-state index contributed by atoms with van der Waals surface area (Å²) in [6.45, 7) is 6.64. The Morgan fingerprint density at radius 1 is 1.35 bits per heavy atom. The number of nitrogens with one attached hydrogen (secondary N) is 3. The number of hydrogen-bond donors (Lipinski definition) is 4. The maximum atomic E-state index is 13.3. The summed E-state index contributed by atoms with van der Waals surface area (Å²) in [7, 11) is 0. The number of nitrogens with zero attached hydrogens (tertiary/aromatic N) is 4. The number of aromatic nitrogens is 3. The molecule has 5 rings (SSSR count). The summed E-state index contributed by atoms with van der Waals surface area (Å²) in [5, 5.41) is 23.6. The Morgan fingerprint density at radius 2 is 2.13 bits per heavy atom. The van der Waals surface area contributed by atoms with Crippen LogP contribution in [0.3, 0.4) is 0 Å². The van der Waals surface area contributed by atoms with Gasteiger partial charge in [-0.15, -0.1) is 0 Å². The molecule has 31 heavy (non-hydrogen) atoms. The fourth-order valence-corrected chi connectivity index (χ4v) is 4.28. The summed E-state index contributed by atoms with van der Waals surface area (Å²) in [5.74, 6) is -1.29. The lowest BCUT2D eigenvalue weighted by molar-refractivity contribution is -0.142. The average Bonchev–Trinajstić information content (AvgIpc) is 3.24. The largest absolute Gasteiger partial charge is 0.494 e. The number of fused-ring (bicyclic) bond motifs is 2. The number of carbonyl (C=O) groups excluding carboxylic acids is 2. The summed E-state index contributed by atoms with van der Waals surface area (Å²) in [5.41, 5.74) is 4.48. The smallest absolute Gasteiger partial charge is 0.280 e. The zero-order valence-corrected chi connectivity index (χ0v) is 17.8. The third-order valence-electron chi connectivity index (χ3n) is 5.85. The number of rotatable bonds is 4. The van der Waals surface area contributed by atoms with Gasteiger partial charge in [0.15, 0.2) is 5.57 Å². The number of aliphatic hydroxyl groups excluding tert-OH is 1. The van der Waals surface area contributed by atoms with E-state index >= 15 is 0 Å². The normalized spacial score (nSPS) is 24.2. The van der Waals surface area contributed by atoms with Gasteiger partial charge in [-0.2, -0.15) is 5.10 Å². The highest BCUT2D eigenvalue weighted by Gasteiger charge is 2.49. The van der Waals surface area contributed by atoms with Crippen molar-refractivity contribution in [1.82, 2.24) is 35.8 Å². The minimum Gasteiger partial charge on any atom is -0.494 e. The molecular weight excluding hydrogens is 398 g/mol. The van der Waals surface area contributed by atoms with E-state index in [9.17, 15) is 14.7 Å². The number of H-pyrrole nitrogens is 1. The van der Waals surface area contributed by atoms with E-state index in [1.807, 2.05) is 6.07 Å². The predicted molar refractivity (Wildman–Crippen MR) is 112 cm³/mol. The standard InChI is InChI=1S/C21H27N7O3/c1-21(2,3)10-27-15-8-14(17-12-9-22-7-6-13(12)24-25-17)26-28(15)20(31)16(19(27)30)18(29)23-11-4-5-11/h6-7,9,11,14-15,26,30H,4-5,8,10H2,1-3H3,(H,23,29)(H,24,25). The maximum absolute atomic E-state index is 13.3. The molecule has 2 aromatic rings. The van der Waals surface area contributed by atoms with Gasteiger partial charge in [-0.1, -0.05) is 20.8 Å². The van der Waals surface area contributed by atoms with E-state index in [-0.39, 0.29) is 29.0 Å². The number of carbonyl (C=O) groups is 2. The van der Waals surface area contributed by atoms with Gasteiger partial charge in [-0.3, -0.25) is 19.7 Å². The fourth-order valence-electron chi connectivity index (χ4n) is 4.28. The Bertz CT molecular complexity index is 1080. The van der Waals surface area contributed by atoms with E-state index in [0.29, 0.717) is 13.0 Å². The third kappa shape index (κ3) is 3.50. The lowest BCUT2D eigenvalue weighted by Crippen LogP contribution is -2.58. The SMILES string of the molecule is CC(C)(C)CN1C(O)=C(C(=O)NC2CC2)C(=O)N2NC(c3[nH]nc4ccncc34)CC12. The quantitative estimate of drug-likeness (QED) is 0.547. The van der Waals surface area contributed by atoms with Crippen LogP contribution in [0.25, 0.3) is 10.9 Å². The van der Waals surface area contributed by atoms with Crippen molar-refractivity contribution in [2.75, 3.05) is 6.54 Å². The van der Waals surface area contributed by atoms with E-state index in [1.54, 1.807) is 17.3 Å². The van der Waals surface area contributed by atoms with Crippen LogP contribution in [-0.2, 0) is 9.59 Å². The Kier molecular flexibility index (Phi) is 4.44. The van der Waals surface area contributed by atoms with Crippen LogP contribution in [0, 0.1) is 5.41 Å². The van der Waals surface area contributed by atoms with Crippen molar-refractivity contribution in [2.45, 2.75) is 58.3 Å². The van der Waals surface area contributed by atoms with Gasteiger partial charge in [0.05, 0.1) is 17.3 Å². The summed E-state index contributed by atoms with van der Waals surface area (Å²) < 4.78 is 0. The van der Waals surface area contributed by atoms with Gasteiger partial charge < -0.3 is 15.3 Å². The van der Waals surface area contributed by atoms with E-state index < -0.39 is 18.0 Å². The van der Waals surface area contributed by atoms with Crippen LogP contribution in [-0.4, -0.2) is 60.8 Å². The highest BCUT2D eigenvalue weighted by molar-refractivity contribution is 6.19. The molecule has 4 N–H and O–H groups in total. The van der Waals surface area contributed by atoms with Crippen LogP contribution in [0.1, 0.15) is 51.8 Å². The molecule has 1 aliphatic carbocycles. The summed E-state index contributed by atoms with van der Waals surface area (Å²) in [4.78, 5) is 32.0. The Hall–Kier alpha value is -3.14. The number of pyridine rings is 1. The highest BCUT2D eigenvalue weighted by Crippen LogP contribution is 2.38. The van der Waals surface area contributed by atoms with Crippen molar-refractivity contribution in [3.05, 3.63) is 35.6 Å². The molecule has 2 fully saturated rings. The number of aliphatic hydroxyl groups is 1. The second kappa shape index (κ2) is 6.94. The molecule has 10 heteroatoms. The molecule has 4 heterocycles. The fraction of sp³-hybridized carbons (Fsp3) is 0.524. The molecule has 2 aromatic heterocycles. The van der Waals surface area contributed by atoms with Crippen LogP contribution in [0.5, 0.6) is 0 Å². The first-order valence-corrected chi connectivity index (χ1v) is 10.6. The number of hydrazine groups is 1. The molecule has 1 saturated heterocycles. The van der Waals surface area contributed by atoms with E-state index in [1.165, 1.54) is 5.01 Å². The minimum absolute atomic E-state index is 0.0810. The first kappa shape index (κ1) is 19.8. The first-order chi connectivity index (χ1) is 14.7. The molecule has 2 atom stereocenters. The Labute approximate surface area is 179 Å². The van der Waals surface area contributed by atoms with Gasteiger partial charge in [-0.25, -0.2) is 10.4 Å². The highest BCUT2D eigenvalue weighted by atomic mass is 16.3. The van der Waals surface area contributed by atoms with E-state index in [0.717, 1.165) is 29.4 Å². The van der Waals surface area contributed by atoms with Crippen molar-refractivity contribution in [2.24, 2.45) is 5.41 Å². The van der Waals surface area contributed by atoms with Crippen LogP contribution in [0.4, 0.5) is 0 Å². The second-order valence-corrected chi connectivity index (χ2v) is 9.74. The number of aromatic amines is 1. The molecule has 1 saturated carbocycles. The van der Waals surface area contributed by atoms with Crippen molar-refractivity contribution >= 4 is 22.7 Å². The van der Waals surface area contributed by atoms with Crippen molar-refractivity contribution in [1.29, 1.82) is 0 Å². The van der Waals surface area contributed by atoms with Gasteiger partial charge in [0.25, 0.3) is 11.8 Å². The van der Waals surface area contributed by atoms with E-state index in [4.69, 9.17) is 0 Å². The van der Waals surface area contributed by atoms with Crippen LogP contribution in [0.2, 0.25) is 0 Å². The lowest BCUT2D eigenvalue weighted by Gasteiger charge is -2.42. The summed E-state index contributed by atoms with van der Waals surface area (Å²) >= 11 is 0. The van der Waals surface area contributed by atoms with Gasteiger partial charge in [0.2, 0.25) is 5.88 Å². The molecule has 0 aromatic carbocycles. The van der Waals surface area contributed by atoms with Gasteiger partial charge in [-0.05, 0) is 24.3 Å². The molecule has 164 valence electrons. The molecular formula is C21H27N7O3. The molecule has 10 nitrogen and oxygen atoms in total. The van der Waals surface area contributed by atoms with Crippen LogP contribution in [0.15, 0.2) is 29.9 Å². The van der Waals surface area contributed by atoms with Gasteiger partial charge >= 0.3 is 0 Å². The number of hydrogen-bond acceptors (Lipinski definition) is 7. The topological polar surface area (TPSA) is 126 Å². The Balaban J connectivity index is 1.50. The monoisotopic (exact) mass is 425 g/mol. The van der Waals surface area contributed by atoms with Gasteiger partial charge in [0, 0.05) is 36.8 Å². The summed E-state index contributed by atoms with van der Waals surface area (Å²) in [6, 6.07) is 1.66. The van der Waals surface area contributed by atoms with Crippen LogP contribution >= 0.6 is 0 Å². The molecule has 2 unspecified atom stereocenters. The third-order valence-corrected chi connectivity index (χ3v) is 5.85. The molecule has 0 spiro atoms. The van der Waals surface area contributed by atoms with Crippen molar-refractivity contribution < 1.29 is 14.7 Å². The maximum Gasteiger partial charge on any atom is 0.280 e. The molecule has 2 amide bonds. The average molecular weight is 425 g/mol. The molecule has 3 aliphatic rings. The zero-order chi connectivity index (χ0) is 21.9. The molecule has 2 aliphatic heterocycles. The lowest BCUT2D eigenvalue weighted by atomic mass is 9.94. The first-order valence-electron chi connectivity index (χ1n) is 10.6. The summed E-state index contributed by atoms with van der Waals surface area (Å²) in [6.07, 6.45) is 5.31.